The number of anilines is 1. The van der Waals surface area contributed by atoms with Gasteiger partial charge in [0.15, 0.2) is 6.79 Å². The van der Waals surface area contributed by atoms with Crippen LogP contribution in [0.2, 0.25) is 0 Å². The van der Waals surface area contributed by atoms with Gasteiger partial charge in [0.25, 0.3) is 0 Å². The van der Waals surface area contributed by atoms with Crippen LogP contribution >= 0.6 is 0 Å². The molecule has 0 unspecified atom stereocenters. The predicted molar refractivity (Wildman–Crippen MR) is 184 cm³/mol. The van der Waals surface area contributed by atoms with Crippen LogP contribution in [0.15, 0.2) is 42.6 Å². The van der Waals surface area contributed by atoms with Gasteiger partial charge in [0.2, 0.25) is 0 Å². The van der Waals surface area contributed by atoms with Crippen LogP contribution < -0.4 is 14.4 Å². The number of hydrogen-bond donors (Lipinski definition) is 1. The van der Waals surface area contributed by atoms with E-state index in [0.29, 0.717) is 73.8 Å². The van der Waals surface area contributed by atoms with Gasteiger partial charge in [0.1, 0.15) is 30.2 Å². The largest absolute Gasteiger partial charge is 0.468 e. The minimum atomic E-state index is -0.890. The second kappa shape index (κ2) is 12.3. The number of nitrogens with zero attached hydrogens (tertiary/aromatic N) is 6. The maximum atomic E-state index is 15.4. The highest BCUT2D eigenvalue weighted by Crippen LogP contribution is 2.43. The Morgan fingerprint density at radius 3 is 2.71 bits per heavy atom. The Bertz CT molecular complexity index is 2050. The van der Waals surface area contributed by atoms with Gasteiger partial charge in [-0.1, -0.05) is 13.0 Å². The zero-order valence-electron chi connectivity index (χ0n) is 28.2. The molecule has 3 fully saturated rings. The number of piperidine rings is 1. The Kier molecular flexibility index (Phi) is 8.08. The summed E-state index contributed by atoms with van der Waals surface area (Å²) >= 11 is 0. The lowest BCUT2D eigenvalue weighted by atomic mass is 9.94. The predicted octanol–water partition coefficient (Wildman–Crippen LogP) is 6.09. The van der Waals surface area contributed by atoms with Crippen molar-refractivity contribution in [1.82, 2.24) is 24.5 Å². The number of alkyl halides is 1. The summed E-state index contributed by atoms with van der Waals surface area (Å²) in [4.78, 5) is 14.3. The van der Waals surface area contributed by atoms with Crippen molar-refractivity contribution < 1.29 is 28.1 Å². The van der Waals surface area contributed by atoms with Gasteiger partial charge in [-0.25, -0.2) is 13.3 Å². The monoisotopic (exact) mass is 672 g/mol. The average Bonchev–Trinajstić information content (AvgIpc) is 3.79. The third-order valence-electron chi connectivity index (χ3n) is 10.6. The van der Waals surface area contributed by atoms with Crippen molar-refractivity contribution in [3.8, 4) is 23.0 Å². The molecule has 3 aromatic heterocycles. The molecule has 10 nitrogen and oxygen atoms in total. The summed E-state index contributed by atoms with van der Waals surface area (Å²) in [5.41, 5.74) is 2.15. The number of benzene rings is 2. The van der Waals surface area contributed by atoms with E-state index in [9.17, 15) is 9.50 Å². The van der Waals surface area contributed by atoms with Gasteiger partial charge >= 0.3 is 6.01 Å². The van der Waals surface area contributed by atoms with E-state index in [1.807, 2.05) is 42.6 Å². The number of methoxy groups -OCH3 is 1. The van der Waals surface area contributed by atoms with E-state index < -0.39 is 11.8 Å². The van der Waals surface area contributed by atoms with Gasteiger partial charge in [0.05, 0.1) is 39.5 Å². The van der Waals surface area contributed by atoms with Crippen LogP contribution in [0.3, 0.4) is 0 Å². The number of halogens is 2. The highest BCUT2D eigenvalue weighted by molar-refractivity contribution is 6.06. The molecule has 3 saturated heterocycles. The third kappa shape index (κ3) is 5.63. The number of aliphatic hydroxyl groups is 1. The molecule has 8 rings (SSSR count). The SMILES string of the molecule is CCc1c(F)ccc2cc(OCOC)cc(-c3cc4nc(OC[C@@]56CCCN5C[C@H](F)C6)nc(N5CCC[C@@](C)(O)C5)c4c4ccnn34)c12. The van der Waals surface area contributed by atoms with Crippen LogP contribution in [0.1, 0.15) is 51.5 Å². The van der Waals surface area contributed by atoms with Gasteiger partial charge in [-0.3, -0.25) is 4.90 Å². The number of pyridine rings is 1. The van der Waals surface area contributed by atoms with Crippen LogP contribution in [0, 0.1) is 5.82 Å². The van der Waals surface area contributed by atoms with Gasteiger partial charge in [-0.05, 0) is 92.2 Å². The highest BCUT2D eigenvalue weighted by atomic mass is 19.1. The van der Waals surface area contributed by atoms with Crippen molar-refractivity contribution in [3.63, 3.8) is 0 Å². The number of aryl methyl sites for hydroxylation is 1. The Labute approximate surface area is 283 Å². The molecule has 3 aliphatic heterocycles. The minimum absolute atomic E-state index is 0.0562. The van der Waals surface area contributed by atoms with E-state index >= 15 is 4.39 Å². The molecule has 2 aromatic carbocycles. The van der Waals surface area contributed by atoms with Crippen molar-refractivity contribution in [2.75, 3.05) is 51.6 Å². The van der Waals surface area contributed by atoms with E-state index in [0.717, 1.165) is 53.0 Å². The Hall–Kier alpha value is -4.13. The molecule has 0 saturated carbocycles. The zero-order valence-corrected chi connectivity index (χ0v) is 28.2. The lowest BCUT2D eigenvalue weighted by molar-refractivity contribution is 0.0447. The highest BCUT2D eigenvalue weighted by Gasteiger charge is 2.49. The summed E-state index contributed by atoms with van der Waals surface area (Å²) in [5.74, 6) is 0.943. The van der Waals surface area contributed by atoms with Crippen LogP contribution in [-0.2, 0) is 11.2 Å². The molecule has 0 bridgehead atoms. The summed E-state index contributed by atoms with van der Waals surface area (Å²) < 4.78 is 49.4. The first-order valence-corrected chi connectivity index (χ1v) is 17.2. The third-order valence-corrected chi connectivity index (χ3v) is 10.6. The van der Waals surface area contributed by atoms with E-state index in [1.165, 1.54) is 6.07 Å². The fourth-order valence-electron chi connectivity index (χ4n) is 8.45. The second-order valence-corrected chi connectivity index (χ2v) is 14.1. The molecule has 49 heavy (non-hydrogen) atoms. The number of fused-ring (bicyclic) bond motifs is 5. The smallest absolute Gasteiger partial charge is 0.319 e. The minimum Gasteiger partial charge on any atom is -0.468 e. The molecule has 1 N–H and O–H groups in total. The summed E-state index contributed by atoms with van der Waals surface area (Å²) in [6, 6.07) is 11.1. The summed E-state index contributed by atoms with van der Waals surface area (Å²) in [7, 11) is 1.56. The van der Waals surface area contributed by atoms with E-state index in [1.54, 1.807) is 19.4 Å². The molecule has 5 aromatic rings. The van der Waals surface area contributed by atoms with Gasteiger partial charge < -0.3 is 24.2 Å². The van der Waals surface area contributed by atoms with Gasteiger partial charge in [-0.15, -0.1) is 0 Å². The topological polar surface area (TPSA) is 97.5 Å². The molecular formula is C37H42F2N6O4. The average molecular weight is 673 g/mol. The first-order valence-electron chi connectivity index (χ1n) is 17.2. The summed E-state index contributed by atoms with van der Waals surface area (Å²) in [5, 5.41) is 18.2. The van der Waals surface area contributed by atoms with Crippen LogP contribution in [-0.4, -0.2) is 93.6 Å². The number of hydrogen-bond acceptors (Lipinski definition) is 9. The quantitative estimate of drug-likeness (QED) is 0.187. The van der Waals surface area contributed by atoms with Crippen molar-refractivity contribution in [1.29, 1.82) is 0 Å². The van der Waals surface area contributed by atoms with Crippen molar-refractivity contribution in [3.05, 3.63) is 54.0 Å². The lowest BCUT2D eigenvalue weighted by Crippen LogP contribution is -2.46. The van der Waals surface area contributed by atoms with Crippen molar-refractivity contribution >= 4 is 33.0 Å². The molecule has 3 aliphatic rings. The first kappa shape index (κ1) is 32.1. The summed E-state index contributed by atoms with van der Waals surface area (Å²) in [6.45, 7) is 6.53. The maximum absolute atomic E-state index is 15.4. The van der Waals surface area contributed by atoms with Crippen LogP contribution in [0.5, 0.6) is 11.8 Å². The van der Waals surface area contributed by atoms with Crippen LogP contribution in [0.4, 0.5) is 14.6 Å². The molecule has 0 aliphatic carbocycles. The van der Waals surface area contributed by atoms with E-state index in [2.05, 4.69) is 9.80 Å². The molecule has 0 radical (unpaired) electrons. The Morgan fingerprint density at radius 1 is 1.04 bits per heavy atom. The molecule has 0 amide bonds. The lowest BCUT2D eigenvalue weighted by Gasteiger charge is -2.38. The molecule has 6 heterocycles. The Balaban J connectivity index is 1.34. The summed E-state index contributed by atoms with van der Waals surface area (Å²) in [6.07, 6.45) is 5.15. The van der Waals surface area contributed by atoms with Gasteiger partial charge in [-0.2, -0.15) is 15.1 Å². The number of aromatic nitrogens is 4. The molecule has 3 atom stereocenters. The Morgan fingerprint density at radius 2 is 1.90 bits per heavy atom. The molecule has 258 valence electrons. The normalized spacial score (nSPS) is 24.4. The van der Waals surface area contributed by atoms with Crippen molar-refractivity contribution in [2.45, 2.75) is 69.7 Å². The second-order valence-electron chi connectivity index (χ2n) is 14.1. The standard InChI is InChI=1S/C37H42F2N6O4/c1-4-26-28(39)8-7-23-15-25(49-22-47-3)16-27(32(23)26)31-17-29-33(30-9-12-40-45(30)31)34(43-13-5-10-36(2,46)20-43)42-35(41-29)48-21-37-11-6-14-44(37)19-24(38)18-37/h7-9,12,15-17,24,46H,4-6,10-11,13-14,18-22H2,1-3H3/t24-,36-,37+/m1/s1. The molecular weight excluding hydrogens is 630 g/mol. The number of rotatable bonds is 9. The van der Waals surface area contributed by atoms with E-state index in [-0.39, 0.29) is 24.2 Å². The number of β-amino-alcohol motifs (C(OH)–C–C–N with tert-alkyl or cyclic N) is 1. The molecule has 12 heteroatoms. The maximum Gasteiger partial charge on any atom is 0.319 e. The zero-order chi connectivity index (χ0) is 33.9. The molecule has 0 spiro atoms. The van der Waals surface area contributed by atoms with E-state index in [4.69, 9.17) is 29.3 Å². The number of ether oxygens (including phenoxy) is 3. The first-order chi connectivity index (χ1) is 23.7. The fourth-order valence-corrected chi connectivity index (χ4v) is 8.45. The fraction of sp³-hybridized carbons (Fsp3) is 0.486. The van der Waals surface area contributed by atoms with Crippen molar-refractivity contribution in [2.24, 2.45) is 0 Å². The van der Waals surface area contributed by atoms with Crippen LogP contribution in [0.25, 0.3) is 38.4 Å². The van der Waals surface area contributed by atoms with Gasteiger partial charge in [0, 0.05) is 38.7 Å².